The summed E-state index contributed by atoms with van der Waals surface area (Å²) in [5.74, 6) is -0.232. The highest BCUT2D eigenvalue weighted by atomic mass is 32.1. The van der Waals surface area contributed by atoms with Crippen LogP contribution in [-0.2, 0) is 16.0 Å². The van der Waals surface area contributed by atoms with E-state index in [-0.39, 0.29) is 23.8 Å². The van der Waals surface area contributed by atoms with E-state index in [0.717, 1.165) is 6.42 Å². The molecular weight excluding hydrogens is 320 g/mol. The van der Waals surface area contributed by atoms with E-state index >= 15 is 0 Å². The van der Waals surface area contributed by atoms with Crippen LogP contribution in [0.25, 0.3) is 0 Å². The molecule has 3 rings (SSSR count). The van der Waals surface area contributed by atoms with Gasteiger partial charge in [0, 0.05) is 24.9 Å². The molecule has 1 aliphatic heterocycles. The summed E-state index contributed by atoms with van der Waals surface area (Å²) in [6.07, 6.45) is 1.06. The van der Waals surface area contributed by atoms with Crippen molar-refractivity contribution in [3.05, 3.63) is 57.8 Å². The van der Waals surface area contributed by atoms with Crippen molar-refractivity contribution in [1.29, 1.82) is 0 Å². The summed E-state index contributed by atoms with van der Waals surface area (Å²) in [5.41, 5.74) is 2.39. The third kappa shape index (κ3) is 3.67. The highest BCUT2D eigenvalue weighted by molar-refractivity contribution is 7.10. The molecule has 2 heterocycles. The number of nitrogens with zero attached hydrogens (tertiary/aromatic N) is 1. The Kier molecular flexibility index (Phi) is 5.00. The largest absolute Gasteiger partial charge is 0.348 e. The summed E-state index contributed by atoms with van der Waals surface area (Å²) in [6.45, 7) is 2.58. The van der Waals surface area contributed by atoms with Crippen molar-refractivity contribution in [2.75, 3.05) is 13.6 Å². The second-order valence-corrected chi connectivity index (χ2v) is 7.34. The van der Waals surface area contributed by atoms with Gasteiger partial charge in [0.05, 0.1) is 12.0 Å². The Labute approximate surface area is 146 Å². The summed E-state index contributed by atoms with van der Waals surface area (Å²) >= 11 is 1.67. The predicted octanol–water partition coefficient (Wildman–Crippen LogP) is 2.93. The molecule has 1 saturated heterocycles. The number of aryl methyl sites for hydroxylation is 1. The number of hydrogen-bond donors (Lipinski definition) is 1. The van der Waals surface area contributed by atoms with Crippen LogP contribution in [0.5, 0.6) is 0 Å². The quantitative estimate of drug-likeness (QED) is 0.908. The molecule has 24 heavy (non-hydrogen) atoms. The molecular formula is C19H22N2O2S. The molecule has 0 unspecified atom stereocenters. The smallest absolute Gasteiger partial charge is 0.225 e. The first-order valence-electron chi connectivity index (χ1n) is 8.17. The third-order valence-electron chi connectivity index (χ3n) is 4.53. The zero-order valence-electron chi connectivity index (χ0n) is 14.0. The lowest BCUT2D eigenvalue weighted by Gasteiger charge is -2.21. The van der Waals surface area contributed by atoms with Crippen LogP contribution in [0.4, 0.5) is 0 Å². The lowest BCUT2D eigenvalue weighted by Crippen LogP contribution is -2.36. The highest BCUT2D eigenvalue weighted by Gasteiger charge is 2.33. The van der Waals surface area contributed by atoms with Crippen molar-refractivity contribution in [2.24, 2.45) is 5.92 Å². The first-order valence-corrected chi connectivity index (χ1v) is 9.05. The van der Waals surface area contributed by atoms with E-state index in [0.29, 0.717) is 13.0 Å². The zero-order valence-corrected chi connectivity index (χ0v) is 14.8. The van der Waals surface area contributed by atoms with Crippen molar-refractivity contribution >= 4 is 23.2 Å². The first-order chi connectivity index (χ1) is 11.5. The minimum absolute atomic E-state index is 0.0265. The Bertz CT molecular complexity index is 726. The van der Waals surface area contributed by atoms with E-state index in [1.165, 1.54) is 16.0 Å². The average molecular weight is 342 g/mol. The zero-order chi connectivity index (χ0) is 17.1. The van der Waals surface area contributed by atoms with Crippen molar-refractivity contribution < 1.29 is 9.59 Å². The van der Waals surface area contributed by atoms with Gasteiger partial charge in [-0.05, 0) is 35.9 Å². The van der Waals surface area contributed by atoms with Crippen LogP contribution in [0.15, 0.2) is 41.8 Å². The van der Waals surface area contributed by atoms with Gasteiger partial charge in [0.25, 0.3) is 0 Å². The van der Waals surface area contributed by atoms with Gasteiger partial charge < -0.3 is 10.2 Å². The van der Waals surface area contributed by atoms with Gasteiger partial charge in [0.1, 0.15) is 0 Å². The number of benzene rings is 1. The normalized spacial score (nSPS) is 18.7. The number of hydrogen-bond acceptors (Lipinski definition) is 3. The van der Waals surface area contributed by atoms with Crippen LogP contribution in [0, 0.1) is 12.8 Å². The molecule has 0 radical (unpaired) electrons. The molecule has 1 fully saturated rings. The Hall–Kier alpha value is -2.14. The van der Waals surface area contributed by atoms with Gasteiger partial charge in [-0.2, -0.15) is 0 Å². The number of amides is 2. The van der Waals surface area contributed by atoms with Crippen LogP contribution in [0.2, 0.25) is 0 Å². The molecule has 0 saturated carbocycles. The van der Waals surface area contributed by atoms with Crippen LogP contribution in [-0.4, -0.2) is 30.3 Å². The standard InChI is InChI=1S/C19H22N2O2S/c1-13-8-9-24-18(13)16(10-14-6-4-3-5-7-14)20-19(23)15-11-17(22)21(2)12-15/h3-9,15-16H,10-12H2,1-2H3,(H,20,23)/t15-,16-/m0/s1. The average Bonchev–Trinajstić information content (AvgIpc) is 3.14. The monoisotopic (exact) mass is 342 g/mol. The summed E-state index contributed by atoms with van der Waals surface area (Å²) in [6, 6.07) is 12.2. The summed E-state index contributed by atoms with van der Waals surface area (Å²) in [4.78, 5) is 27.2. The summed E-state index contributed by atoms with van der Waals surface area (Å²) in [7, 11) is 1.75. The molecule has 1 N–H and O–H groups in total. The molecule has 4 nitrogen and oxygen atoms in total. The Morgan fingerprint density at radius 1 is 1.33 bits per heavy atom. The predicted molar refractivity (Wildman–Crippen MR) is 95.8 cm³/mol. The second-order valence-electron chi connectivity index (χ2n) is 6.39. The van der Waals surface area contributed by atoms with Crippen molar-refractivity contribution in [3.63, 3.8) is 0 Å². The van der Waals surface area contributed by atoms with Gasteiger partial charge >= 0.3 is 0 Å². The Balaban J connectivity index is 1.76. The van der Waals surface area contributed by atoms with E-state index in [4.69, 9.17) is 0 Å². The molecule has 2 amide bonds. The lowest BCUT2D eigenvalue weighted by atomic mass is 10.0. The molecule has 0 bridgehead atoms. The van der Waals surface area contributed by atoms with Crippen LogP contribution >= 0.6 is 11.3 Å². The maximum absolute atomic E-state index is 12.7. The minimum Gasteiger partial charge on any atom is -0.348 e. The number of carbonyl (C=O) groups is 2. The van der Waals surface area contributed by atoms with Crippen LogP contribution in [0.3, 0.4) is 0 Å². The fourth-order valence-corrected chi connectivity index (χ4v) is 4.11. The SMILES string of the molecule is Cc1ccsc1[C@H](Cc1ccccc1)NC(=O)[C@H]1CC(=O)N(C)C1. The van der Waals surface area contributed by atoms with Gasteiger partial charge in [0.15, 0.2) is 0 Å². The summed E-state index contributed by atoms with van der Waals surface area (Å²) < 4.78 is 0. The van der Waals surface area contributed by atoms with Crippen molar-refractivity contribution in [1.82, 2.24) is 10.2 Å². The molecule has 2 aromatic rings. The minimum atomic E-state index is -0.249. The maximum atomic E-state index is 12.7. The fourth-order valence-electron chi connectivity index (χ4n) is 3.13. The highest BCUT2D eigenvalue weighted by Crippen LogP contribution is 2.28. The van der Waals surface area contributed by atoms with E-state index in [1.807, 2.05) is 18.2 Å². The maximum Gasteiger partial charge on any atom is 0.225 e. The summed E-state index contributed by atoms with van der Waals surface area (Å²) in [5, 5.41) is 5.24. The van der Waals surface area contributed by atoms with Crippen LogP contribution < -0.4 is 5.32 Å². The second kappa shape index (κ2) is 7.18. The molecule has 5 heteroatoms. The number of thiophene rings is 1. The molecule has 2 atom stereocenters. The third-order valence-corrected chi connectivity index (χ3v) is 5.66. The van der Waals surface area contributed by atoms with Gasteiger partial charge in [-0.15, -0.1) is 11.3 Å². The number of nitrogens with one attached hydrogen (secondary N) is 1. The Morgan fingerprint density at radius 3 is 2.67 bits per heavy atom. The van der Waals surface area contributed by atoms with E-state index in [9.17, 15) is 9.59 Å². The van der Waals surface area contributed by atoms with Gasteiger partial charge in [0.2, 0.25) is 11.8 Å². The molecule has 0 spiro atoms. The fraction of sp³-hybridized carbons (Fsp3) is 0.368. The van der Waals surface area contributed by atoms with E-state index in [1.54, 1.807) is 23.3 Å². The molecule has 1 aromatic heterocycles. The van der Waals surface area contributed by atoms with Crippen molar-refractivity contribution in [3.8, 4) is 0 Å². The van der Waals surface area contributed by atoms with Crippen molar-refractivity contribution in [2.45, 2.75) is 25.8 Å². The lowest BCUT2D eigenvalue weighted by molar-refractivity contribution is -0.128. The number of rotatable bonds is 5. The van der Waals surface area contributed by atoms with Crippen LogP contribution in [0.1, 0.15) is 28.5 Å². The van der Waals surface area contributed by atoms with E-state index < -0.39 is 0 Å². The molecule has 126 valence electrons. The number of likely N-dealkylation sites (tertiary alicyclic amines) is 1. The number of carbonyl (C=O) groups excluding carboxylic acids is 2. The topological polar surface area (TPSA) is 49.4 Å². The van der Waals surface area contributed by atoms with Gasteiger partial charge in [-0.1, -0.05) is 30.3 Å². The van der Waals surface area contributed by atoms with Gasteiger partial charge in [-0.3, -0.25) is 9.59 Å². The van der Waals surface area contributed by atoms with E-state index in [2.05, 4.69) is 35.8 Å². The first kappa shape index (κ1) is 16.7. The van der Waals surface area contributed by atoms with Gasteiger partial charge in [-0.25, -0.2) is 0 Å². The molecule has 1 aliphatic rings. The molecule has 0 aliphatic carbocycles. The Morgan fingerprint density at radius 2 is 2.08 bits per heavy atom. The molecule has 1 aromatic carbocycles.